The van der Waals surface area contributed by atoms with Crippen molar-refractivity contribution < 1.29 is 9.18 Å². The number of carbonyl (C=O) groups is 1. The number of benzene rings is 2. The summed E-state index contributed by atoms with van der Waals surface area (Å²) < 4.78 is 12.8. The third-order valence-electron chi connectivity index (χ3n) is 3.25. The molecule has 4 N–H and O–H groups in total. The number of carbonyl (C=O) groups excluding carboxylic acids is 1. The number of nitrogens with two attached hydrogens (primary N) is 1. The van der Waals surface area contributed by atoms with Gasteiger partial charge in [0.1, 0.15) is 17.5 Å². The first-order valence-corrected chi connectivity index (χ1v) is 7.33. The molecule has 2 aromatic carbocycles. The van der Waals surface area contributed by atoms with Crippen molar-refractivity contribution in [1.82, 2.24) is 5.32 Å². The van der Waals surface area contributed by atoms with Crippen LogP contribution < -0.4 is 16.4 Å². The SMILES string of the molecule is N#C/C(=C/NCCc1ccc(F)cc1)C(=O)Nc1ccc(N)cc1. The zero-order chi connectivity index (χ0) is 17.4. The summed E-state index contributed by atoms with van der Waals surface area (Å²) in [5, 5.41) is 14.6. The van der Waals surface area contributed by atoms with Gasteiger partial charge in [0.15, 0.2) is 0 Å². The second-order valence-corrected chi connectivity index (χ2v) is 5.08. The van der Waals surface area contributed by atoms with Crippen LogP contribution in [0.25, 0.3) is 0 Å². The van der Waals surface area contributed by atoms with E-state index in [9.17, 15) is 9.18 Å². The normalized spacial score (nSPS) is 10.8. The summed E-state index contributed by atoms with van der Waals surface area (Å²) in [6.07, 6.45) is 2.02. The fourth-order valence-corrected chi connectivity index (χ4v) is 1.96. The molecule has 0 aliphatic heterocycles. The van der Waals surface area contributed by atoms with Crippen molar-refractivity contribution in [1.29, 1.82) is 5.26 Å². The van der Waals surface area contributed by atoms with Crippen LogP contribution in [-0.4, -0.2) is 12.5 Å². The lowest BCUT2D eigenvalue weighted by atomic mass is 10.1. The lowest BCUT2D eigenvalue weighted by molar-refractivity contribution is -0.112. The summed E-state index contributed by atoms with van der Waals surface area (Å²) in [7, 11) is 0. The van der Waals surface area contributed by atoms with Gasteiger partial charge in [-0.3, -0.25) is 4.79 Å². The van der Waals surface area contributed by atoms with Gasteiger partial charge in [-0.05, 0) is 48.4 Å². The molecular formula is C18H17FN4O. The van der Waals surface area contributed by atoms with Gasteiger partial charge in [-0.15, -0.1) is 0 Å². The van der Waals surface area contributed by atoms with Crippen LogP contribution in [0.2, 0.25) is 0 Å². The minimum atomic E-state index is -0.503. The molecule has 0 bridgehead atoms. The van der Waals surface area contributed by atoms with Crippen LogP contribution >= 0.6 is 0 Å². The summed E-state index contributed by atoms with van der Waals surface area (Å²) in [6, 6.07) is 14.7. The molecule has 0 fully saturated rings. The van der Waals surface area contributed by atoms with Crippen molar-refractivity contribution in [2.24, 2.45) is 0 Å². The van der Waals surface area contributed by atoms with Gasteiger partial charge in [0, 0.05) is 24.1 Å². The lowest BCUT2D eigenvalue weighted by Crippen LogP contribution is -2.18. The van der Waals surface area contributed by atoms with E-state index in [2.05, 4.69) is 10.6 Å². The Morgan fingerprint density at radius 3 is 2.46 bits per heavy atom. The molecule has 0 radical (unpaired) electrons. The van der Waals surface area contributed by atoms with Crippen LogP contribution in [0.3, 0.4) is 0 Å². The molecule has 24 heavy (non-hydrogen) atoms. The summed E-state index contributed by atoms with van der Waals surface area (Å²) >= 11 is 0. The van der Waals surface area contributed by atoms with Gasteiger partial charge in [0.25, 0.3) is 5.91 Å². The molecule has 2 rings (SSSR count). The largest absolute Gasteiger partial charge is 0.399 e. The van der Waals surface area contributed by atoms with Crippen molar-refractivity contribution in [3.05, 3.63) is 71.7 Å². The summed E-state index contributed by atoms with van der Waals surface area (Å²) in [5.74, 6) is -0.783. The Hall–Kier alpha value is -3.33. The molecule has 0 unspecified atom stereocenters. The van der Waals surface area contributed by atoms with E-state index in [0.29, 0.717) is 24.3 Å². The molecule has 5 nitrogen and oxygen atoms in total. The number of rotatable bonds is 6. The molecule has 0 aliphatic carbocycles. The standard InChI is InChI=1S/C18H17FN4O/c19-15-3-1-13(2-4-15)9-10-22-12-14(11-20)18(24)23-17-7-5-16(21)6-8-17/h1-8,12,22H,9-10,21H2,(H,23,24)/b14-12-. The smallest absolute Gasteiger partial charge is 0.267 e. The Kier molecular flexibility index (Phi) is 5.92. The maximum absolute atomic E-state index is 12.8. The highest BCUT2D eigenvalue weighted by molar-refractivity contribution is 6.06. The quantitative estimate of drug-likeness (QED) is 0.330. The van der Waals surface area contributed by atoms with Gasteiger partial charge in [0.05, 0.1) is 0 Å². The number of hydrogen-bond donors (Lipinski definition) is 3. The van der Waals surface area contributed by atoms with Crippen LogP contribution in [-0.2, 0) is 11.2 Å². The predicted molar refractivity (Wildman–Crippen MR) is 91.3 cm³/mol. The average molecular weight is 324 g/mol. The molecule has 122 valence electrons. The predicted octanol–water partition coefficient (Wildman–Crippen LogP) is 2.59. The van der Waals surface area contributed by atoms with Crippen molar-refractivity contribution in [2.45, 2.75) is 6.42 Å². The molecule has 0 atom stereocenters. The van der Waals surface area contributed by atoms with Crippen LogP contribution in [0.4, 0.5) is 15.8 Å². The number of amides is 1. The fraction of sp³-hybridized carbons (Fsp3) is 0.111. The first-order chi connectivity index (χ1) is 11.6. The van der Waals surface area contributed by atoms with Crippen LogP contribution in [0.5, 0.6) is 0 Å². The molecule has 2 aromatic rings. The van der Waals surface area contributed by atoms with E-state index < -0.39 is 5.91 Å². The molecule has 1 amide bonds. The fourth-order valence-electron chi connectivity index (χ4n) is 1.96. The van der Waals surface area contributed by atoms with E-state index >= 15 is 0 Å². The molecule has 0 spiro atoms. The molecule has 0 saturated carbocycles. The molecule has 0 aromatic heterocycles. The average Bonchev–Trinajstić information content (AvgIpc) is 2.58. The van der Waals surface area contributed by atoms with E-state index in [4.69, 9.17) is 11.0 Å². The Labute approximate surface area is 139 Å². The minimum Gasteiger partial charge on any atom is -0.399 e. The number of nitriles is 1. The number of nitrogens with one attached hydrogen (secondary N) is 2. The molecule has 0 saturated heterocycles. The Morgan fingerprint density at radius 1 is 1.17 bits per heavy atom. The van der Waals surface area contributed by atoms with E-state index in [1.807, 2.05) is 6.07 Å². The highest BCUT2D eigenvalue weighted by atomic mass is 19.1. The van der Waals surface area contributed by atoms with Crippen LogP contribution in [0.1, 0.15) is 5.56 Å². The molecule has 0 aliphatic rings. The first-order valence-electron chi connectivity index (χ1n) is 7.33. The highest BCUT2D eigenvalue weighted by Crippen LogP contribution is 2.11. The van der Waals surface area contributed by atoms with Crippen LogP contribution in [0.15, 0.2) is 60.3 Å². The second-order valence-electron chi connectivity index (χ2n) is 5.08. The summed E-state index contributed by atoms with van der Waals surface area (Å²) in [5.41, 5.74) is 7.64. The molecule has 0 heterocycles. The molecule has 6 heteroatoms. The van der Waals surface area contributed by atoms with Crippen molar-refractivity contribution in [2.75, 3.05) is 17.6 Å². The summed E-state index contributed by atoms with van der Waals surface area (Å²) in [4.78, 5) is 12.0. The van der Waals surface area contributed by atoms with Gasteiger partial charge in [-0.1, -0.05) is 12.1 Å². The Bertz CT molecular complexity index is 761. The van der Waals surface area contributed by atoms with Crippen molar-refractivity contribution in [3.8, 4) is 6.07 Å². The third kappa shape index (κ3) is 5.14. The van der Waals surface area contributed by atoms with Crippen LogP contribution in [0, 0.1) is 17.1 Å². The number of halogens is 1. The first kappa shape index (κ1) is 17.0. The van der Waals surface area contributed by atoms with E-state index in [0.717, 1.165) is 5.56 Å². The maximum Gasteiger partial charge on any atom is 0.267 e. The second kappa shape index (κ2) is 8.34. The van der Waals surface area contributed by atoms with Gasteiger partial charge >= 0.3 is 0 Å². The minimum absolute atomic E-state index is 0.0362. The van der Waals surface area contributed by atoms with Gasteiger partial charge in [-0.2, -0.15) is 5.26 Å². The topological polar surface area (TPSA) is 90.9 Å². The zero-order valence-corrected chi connectivity index (χ0v) is 12.9. The summed E-state index contributed by atoms with van der Waals surface area (Å²) in [6.45, 7) is 0.520. The van der Waals surface area contributed by atoms with Crippen molar-refractivity contribution in [3.63, 3.8) is 0 Å². The number of nitrogens with zero attached hydrogens (tertiary/aromatic N) is 1. The molecular weight excluding hydrogens is 307 g/mol. The monoisotopic (exact) mass is 324 g/mol. The lowest BCUT2D eigenvalue weighted by Gasteiger charge is -2.06. The van der Waals surface area contributed by atoms with Crippen molar-refractivity contribution >= 4 is 17.3 Å². The Morgan fingerprint density at radius 2 is 1.83 bits per heavy atom. The van der Waals surface area contributed by atoms with Gasteiger partial charge in [0.2, 0.25) is 0 Å². The number of nitrogen functional groups attached to an aromatic ring is 1. The third-order valence-corrected chi connectivity index (χ3v) is 3.25. The highest BCUT2D eigenvalue weighted by Gasteiger charge is 2.08. The number of anilines is 2. The maximum atomic E-state index is 12.8. The van der Waals surface area contributed by atoms with E-state index in [1.54, 1.807) is 36.4 Å². The van der Waals surface area contributed by atoms with Gasteiger partial charge < -0.3 is 16.4 Å². The number of hydrogen-bond acceptors (Lipinski definition) is 4. The van der Waals surface area contributed by atoms with Gasteiger partial charge in [-0.25, -0.2) is 4.39 Å². The zero-order valence-electron chi connectivity index (χ0n) is 12.9. The Balaban J connectivity index is 1.86. The van der Waals surface area contributed by atoms with E-state index in [1.165, 1.54) is 18.3 Å². The van der Waals surface area contributed by atoms with E-state index in [-0.39, 0.29) is 11.4 Å².